The van der Waals surface area contributed by atoms with Gasteiger partial charge in [0.15, 0.2) is 0 Å². The summed E-state index contributed by atoms with van der Waals surface area (Å²) < 4.78 is 5.99. The lowest BCUT2D eigenvalue weighted by atomic mass is 10.1. The van der Waals surface area contributed by atoms with Gasteiger partial charge in [0.05, 0.1) is 13.2 Å². The fraction of sp³-hybridized carbons (Fsp3) is 0.364. The van der Waals surface area contributed by atoms with Crippen LogP contribution in [0.25, 0.3) is 0 Å². The van der Waals surface area contributed by atoms with Crippen molar-refractivity contribution in [3.63, 3.8) is 0 Å². The molecule has 4 nitrogen and oxygen atoms in total. The molecule has 0 heterocycles. The van der Waals surface area contributed by atoms with E-state index in [4.69, 9.17) is 10.6 Å². The zero-order chi connectivity index (χ0) is 11.8. The van der Waals surface area contributed by atoms with E-state index in [1.807, 2.05) is 24.3 Å². The minimum absolute atomic E-state index is 0.603. The van der Waals surface area contributed by atoms with Crippen molar-refractivity contribution < 1.29 is 4.74 Å². The van der Waals surface area contributed by atoms with E-state index in [9.17, 15) is 0 Å². The topological polar surface area (TPSA) is 59.6 Å². The fourth-order valence-electron chi connectivity index (χ4n) is 1.22. The van der Waals surface area contributed by atoms with Gasteiger partial charge in [-0.25, -0.2) is 5.84 Å². The van der Waals surface area contributed by atoms with E-state index >= 15 is 0 Å². The van der Waals surface area contributed by atoms with Gasteiger partial charge in [-0.3, -0.25) is 4.99 Å². The van der Waals surface area contributed by atoms with Crippen LogP contribution < -0.4 is 11.3 Å². The predicted molar refractivity (Wildman–Crippen MR) is 69.3 cm³/mol. The number of ether oxygens (including phenoxy) is 1. The van der Waals surface area contributed by atoms with Gasteiger partial charge in [-0.15, -0.1) is 0 Å². The second-order valence-corrected chi connectivity index (χ2v) is 4.18. The summed E-state index contributed by atoms with van der Waals surface area (Å²) in [7, 11) is 1.65. The van der Waals surface area contributed by atoms with Crippen molar-refractivity contribution in [1.29, 1.82) is 0 Å². The quantitative estimate of drug-likeness (QED) is 0.283. The summed E-state index contributed by atoms with van der Waals surface area (Å²) >= 11 is 3.39. The number of amidine groups is 1. The molecule has 1 aromatic carbocycles. The van der Waals surface area contributed by atoms with Gasteiger partial charge in [-0.05, 0) is 17.7 Å². The Kier molecular flexibility index (Phi) is 6.07. The Morgan fingerprint density at radius 2 is 2.12 bits per heavy atom. The number of nitrogens with zero attached hydrogens (tertiary/aromatic N) is 1. The smallest absolute Gasteiger partial charge is 0.115 e. The molecule has 0 atom stereocenters. The highest BCUT2D eigenvalue weighted by molar-refractivity contribution is 9.10. The fourth-order valence-corrected chi connectivity index (χ4v) is 1.48. The van der Waals surface area contributed by atoms with Crippen LogP contribution in [0.2, 0.25) is 0 Å². The Hall–Kier alpha value is -0.910. The van der Waals surface area contributed by atoms with Gasteiger partial charge in [0.25, 0.3) is 0 Å². The first-order chi connectivity index (χ1) is 7.76. The molecular weight excluding hydrogens is 270 g/mol. The summed E-state index contributed by atoms with van der Waals surface area (Å²) in [4.78, 5) is 4.29. The average Bonchev–Trinajstić information content (AvgIpc) is 2.31. The predicted octanol–water partition coefficient (Wildman–Crippen LogP) is 1.50. The molecule has 1 aromatic rings. The van der Waals surface area contributed by atoms with Crippen LogP contribution in [-0.4, -0.2) is 26.1 Å². The number of benzene rings is 1. The molecule has 0 amide bonds. The number of hydrazine groups is 1. The number of methoxy groups -OCH3 is 1. The molecule has 0 aliphatic rings. The Bertz CT molecular complexity index is 338. The van der Waals surface area contributed by atoms with Crippen LogP contribution >= 0.6 is 15.9 Å². The largest absolute Gasteiger partial charge is 0.383 e. The van der Waals surface area contributed by atoms with E-state index in [1.165, 1.54) is 0 Å². The molecule has 0 saturated carbocycles. The van der Waals surface area contributed by atoms with Gasteiger partial charge >= 0.3 is 0 Å². The van der Waals surface area contributed by atoms with Crippen LogP contribution in [0.1, 0.15) is 5.56 Å². The molecule has 3 N–H and O–H groups in total. The Balaban J connectivity index is 2.55. The third kappa shape index (κ3) is 4.74. The maximum atomic E-state index is 5.40. The molecule has 0 radical (unpaired) electrons. The van der Waals surface area contributed by atoms with Crippen molar-refractivity contribution in [2.24, 2.45) is 10.8 Å². The number of hydrogen-bond donors (Lipinski definition) is 2. The van der Waals surface area contributed by atoms with E-state index < -0.39 is 0 Å². The first kappa shape index (κ1) is 13.2. The normalized spacial score (nSPS) is 11.6. The van der Waals surface area contributed by atoms with Crippen LogP contribution in [0.4, 0.5) is 0 Å². The van der Waals surface area contributed by atoms with Crippen molar-refractivity contribution >= 4 is 21.8 Å². The second kappa shape index (κ2) is 7.38. The summed E-state index contributed by atoms with van der Waals surface area (Å²) in [5.41, 5.74) is 3.77. The Labute approximate surface area is 104 Å². The highest BCUT2D eigenvalue weighted by atomic mass is 79.9. The molecule has 0 fully saturated rings. The van der Waals surface area contributed by atoms with Crippen LogP contribution in [-0.2, 0) is 11.2 Å². The highest BCUT2D eigenvalue weighted by Gasteiger charge is 1.99. The van der Waals surface area contributed by atoms with E-state index in [0.717, 1.165) is 15.9 Å². The van der Waals surface area contributed by atoms with Crippen molar-refractivity contribution in [1.82, 2.24) is 5.43 Å². The number of rotatable bonds is 5. The summed E-state index contributed by atoms with van der Waals surface area (Å²) in [6, 6.07) is 8.07. The van der Waals surface area contributed by atoms with Gasteiger partial charge in [0.1, 0.15) is 5.84 Å². The maximum Gasteiger partial charge on any atom is 0.115 e. The van der Waals surface area contributed by atoms with Gasteiger partial charge in [0, 0.05) is 18.0 Å². The minimum atomic E-state index is 0.603. The zero-order valence-corrected chi connectivity index (χ0v) is 10.8. The molecule has 5 heteroatoms. The lowest BCUT2D eigenvalue weighted by Crippen LogP contribution is -2.32. The third-order valence-electron chi connectivity index (χ3n) is 2.05. The lowest BCUT2D eigenvalue weighted by molar-refractivity contribution is 0.208. The molecule has 0 aliphatic carbocycles. The Morgan fingerprint density at radius 3 is 2.69 bits per heavy atom. The average molecular weight is 286 g/mol. The molecule has 0 aliphatic heterocycles. The van der Waals surface area contributed by atoms with Gasteiger partial charge in [0.2, 0.25) is 0 Å². The van der Waals surface area contributed by atoms with Crippen LogP contribution in [0, 0.1) is 0 Å². The molecule has 0 unspecified atom stereocenters. The summed E-state index contributed by atoms with van der Waals surface area (Å²) in [6.07, 6.45) is 0.702. The van der Waals surface area contributed by atoms with Crippen LogP contribution in [0.5, 0.6) is 0 Å². The molecule has 0 bridgehead atoms. The van der Waals surface area contributed by atoms with Gasteiger partial charge in [-0.1, -0.05) is 28.1 Å². The number of halogens is 1. The SMILES string of the molecule is COCCN=C(Cc1ccc(Br)cc1)NN. The zero-order valence-electron chi connectivity index (χ0n) is 9.24. The van der Waals surface area contributed by atoms with E-state index in [0.29, 0.717) is 19.6 Å². The number of aliphatic imine (C=N–C) groups is 1. The van der Waals surface area contributed by atoms with Crippen LogP contribution in [0.15, 0.2) is 33.7 Å². The lowest BCUT2D eigenvalue weighted by Gasteiger charge is -2.06. The molecule has 88 valence electrons. The highest BCUT2D eigenvalue weighted by Crippen LogP contribution is 2.10. The molecular formula is C11H16BrN3O. The second-order valence-electron chi connectivity index (χ2n) is 3.27. The van der Waals surface area contributed by atoms with Crippen molar-refractivity contribution in [3.05, 3.63) is 34.3 Å². The van der Waals surface area contributed by atoms with Gasteiger partial charge < -0.3 is 10.2 Å². The summed E-state index contributed by atoms with van der Waals surface area (Å²) in [5, 5.41) is 0. The number of nitrogens with two attached hydrogens (primary N) is 1. The monoisotopic (exact) mass is 285 g/mol. The number of hydrogen-bond acceptors (Lipinski definition) is 3. The molecule has 0 saturated heterocycles. The molecule has 16 heavy (non-hydrogen) atoms. The first-order valence-corrected chi connectivity index (χ1v) is 5.79. The van der Waals surface area contributed by atoms with E-state index in [-0.39, 0.29) is 0 Å². The molecule has 0 aromatic heterocycles. The van der Waals surface area contributed by atoms with Crippen molar-refractivity contribution in [3.8, 4) is 0 Å². The third-order valence-corrected chi connectivity index (χ3v) is 2.58. The first-order valence-electron chi connectivity index (χ1n) is 4.99. The standard InChI is InChI=1S/C11H16BrN3O/c1-16-7-6-14-11(15-13)8-9-2-4-10(12)5-3-9/h2-5H,6-8,13H2,1H3,(H,14,15). The molecule has 1 rings (SSSR count). The van der Waals surface area contributed by atoms with Crippen molar-refractivity contribution in [2.45, 2.75) is 6.42 Å². The van der Waals surface area contributed by atoms with E-state index in [1.54, 1.807) is 7.11 Å². The number of nitrogens with one attached hydrogen (secondary N) is 1. The van der Waals surface area contributed by atoms with Crippen LogP contribution in [0.3, 0.4) is 0 Å². The summed E-state index contributed by atoms with van der Waals surface area (Å²) in [6.45, 7) is 1.22. The van der Waals surface area contributed by atoms with Crippen molar-refractivity contribution in [2.75, 3.05) is 20.3 Å². The molecule has 0 spiro atoms. The maximum absolute atomic E-state index is 5.40. The van der Waals surface area contributed by atoms with E-state index in [2.05, 4.69) is 26.3 Å². The summed E-state index contributed by atoms with van der Waals surface area (Å²) in [5.74, 6) is 6.17. The van der Waals surface area contributed by atoms with Gasteiger partial charge in [-0.2, -0.15) is 0 Å². The minimum Gasteiger partial charge on any atom is -0.383 e. The Morgan fingerprint density at radius 1 is 1.44 bits per heavy atom.